The molecule has 7 heteroatoms. The van der Waals surface area contributed by atoms with Gasteiger partial charge >= 0.3 is 11.9 Å². The van der Waals surface area contributed by atoms with E-state index in [1.54, 1.807) is 13.8 Å². The van der Waals surface area contributed by atoms with E-state index in [0.717, 1.165) is 13.0 Å². The summed E-state index contributed by atoms with van der Waals surface area (Å²) >= 11 is 0. The largest absolute Gasteiger partial charge is 0.463 e. The normalized spacial score (nSPS) is 22.9. The van der Waals surface area contributed by atoms with Crippen molar-refractivity contribution in [2.75, 3.05) is 27.2 Å². The molecule has 2 atom stereocenters. The summed E-state index contributed by atoms with van der Waals surface area (Å²) in [6, 6.07) is 0. The third kappa shape index (κ3) is 9.18. The molecular weight excluding hydrogens is 326 g/mol. The Morgan fingerprint density at radius 2 is 1.68 bits per heavy atom. The highest BCUT2D eigenvalue weighted by Gasteiger charge is 2.43. The molecule has 1 rings (SSSR count). The molecule has 1 heterocycles. The summed E-state index contributed by atoms with van der Waals surface area (Å²) < 4.78 is 22.2. The van der Waals surface area contributed by atoms with Gasteiger partial charge in [0.05, 0.1) is 6.42 Å². The van der Waals surface area contributed by atoms with Crippen LogP contribution in [-0.2, 0) is 28.5 Å². The fourth-order valence-corrected chi connectivity index (χ4v) is 2.56. The minimum Gasteiger partial charge on any atom is -0.463 e. The van der Waals surface area contributed by atoms with Gasteiger partial charge in [-0.3, -0.25) is 9.59 Å². The molecule has 0 aromatic rings. The summed E-state index contributed by atoms with van der Waals surface area (Å²) in [6.07, 6.45) is 0.163. The minimum absolute atomic E-state index is 0.0591. The van der Waals surface area contributed by atoms with Crippen LogP contribution in [0.25, 0.3) is 0 Å². The van der Waals surface area contributed by atoms with E-state index in [1.165, 1.54) is 0 Å². The maximum absolute atomic E-state index is 12.0. The van der Waals surface area contributed by atoms with Gasteiger partial charge in [-0.25, -0.2) is 0 Å². The maximum atomic E-state index is 12.0. The summed E-state index contributed by atoms with van der Waals surface area (Å²) in [5.74, 6) is -1.46. The van der Waals surface area contributed by atoms with Gasteiger partial charge in [0.2, 0.25) is 0 Å². The Bertz CT molecular complexity index is 455. The molecule has 1 aliphatic rings. The SMILES string of the molecule is CN(C)CCCC(=O)OC[C@H]1OC(C)(C)O[C@@H]1CC(=O)OC(C)(C)C. The lowest BCUT2D eigenvalue weighted by atomic mass is 10.1. The average Bonchev–Trinajstić information content (AvgIpc) is 2.67. The highest BCUT2D eigenvalue weighted by molar-refractivity contribution is 5.71. The Kier molecular flexibility index (Phi) is 7.84. The molecule has 0 amide bonds. The molecule has 1 aliphatic heterocycles. The van der Waals surface area contributed by atoms with Gasteiger partial charge in [-0.05, 0) is 61.7 Å². The van der Waals surface area contributed by atoms with E-state index in [1.807, 2.05) is 39.8 Å². The quantitative estimate of drug-likeness (QED) is 0.615. The van der Waals surface area contributed by atoms with Gasteiger partial charge in [0.15, 0.2) is 5.79 Å². The Hall–Kier alpha value is -1.18. The first-order valence-electron chi connectivity index (χ1n) is 8.76. The number of nitrogens with zero attached hydrogens (tertiary/aromatic N) is 1. The first-order chi connectivity index (χ1) is 11.4. The highest BCUT2D eigenvalue weighted by atomic mass is 16.8. The maximum Gasteiger partial charge on any atom is 0.309 e. The smallest absolute Gasteiger partial charge is 0.309 e. The minimum atomic E-state index is -0.825. The van der Waals surface area contributed by atoms with Crippen LogP contribution in [0.2, 0.25) is 0 Å². The number of rotatable bonds is 8. The third-order valence-electron chi connectivity index (χ3n) is 3.47. The van der Waals surface area contributed by atoms with Crippen molar-refractivity contribution in [3.05, 3.63) is 0 Å². The number of hydrogen-bond donors (Lipinski definition) is 0. The zero-order chi connectivity index (χ0) is 19.3. The highest BCUT2D eigenvalue weighted by Crippen LogP contribution is 2.30. The molecule has 0 saturated carbocycles. The molecule has 7 nitrogen and oxygen atoms in total. The van der Waals surface area contributed by atoms with Gasteiger partial charge in [-0.2, -0.15) is 0 Å². The van der Waals surface area contributed by atoms with Crippen molar-refractivity contribution in [1.29, 1.82) is 0 Å². The van der Waals surface area contributed by atoms with E-state index in [4.69, 9.17) is 18.9 Å². The van der Waals surface area contributed by atoms with Crippen molar-refractivity contribution in [3.63, 3.8) is 0 Å². The number of carbonyl (C=O) groups excluding carboxylic acids is 2. The predicted octanol–water partition coefficient (Wildman–Crippen LogP) is 2.12. The van der Waals surface area contributed by atoms with Crippen LogP contribution in [0, 0.1) is 0 Å². The van der Waals surface area contributed by atoms with Crippen LogP contribution in [0.3, 0.4) is 0 Å². The van der Waals surface area contributed by atoms with E-state index in [-0.39, 0.29) is 25.0 Å². The third-order valence-corrected chi connectivity index (χ3v) is 3.47. The van der Waals surface area contributed by atoms with Gasteiger partial charge < -0.3 is 23.8 Å². The van der Waals surface area contributed by atoms with E-state index >= 15 is 0 Å². The number of esters is 2. The predicted molar refractivity (Wildman–Crippen MR) is 93.0 cm³/mol. The first kappa shape index (κ1) is 21.9. The molecule has 25 heavy (non-hydrogen) atoms. The second-order valence-corrected chi connectivity index (χ2v) is 8.09. The van der Waals surface area contributed by atoms with Gasteiger partial charge in [0.1, 0.15) is 24.4 Å². The number of ether oxygens (including phenoxy) is 4. The monoisotopic (exact) mass is 359 g/mol. The van der Waals surface area contributed by atoms with Crippen LogP contribution in [-0.4, -0.2) is 67.7 Å². The van der Waals surface area contributed by atoms with Crippen LogP contribution in [0.1, 0.15) is 53.9 Å². The summed E-state index contributed by atoms with van der Waals surface area (Å²) in [6.45, 7) is 9.88. The number of hydrogen-bond acceptors (Lipinski definition) is 7. The Morgan fingerprint density at radius 1 is 1.08 bits per heavy atom. The molecule has 1 saturated heterocycles. The fraction of sp³-hybridized carbons (Fsp3) is 0.889. The summed E-state index contributed by atoms with van der Waals surface area (Å²) in [4.78, 5) is 25.9. The van der Waals surface area contributed by atoms with Gasteiger partial charge in [-0.1, -0.05) is 0 Å². The van der Waals surface area contributed by atoms with Gasteiger partial charge in [-0.15, -0.1) is 0 Å². The van der Waals surface area contributed by atoms with Crippen LogP contribution >= 0.6 is 0 Å². The molecule has 0 aromatic heterocycles. The lowest BCUT2D eigenvalue weighted by Gasteiger charge is -2.22. The lowest BCUT2D eigenvalue weighted by Crippen LogP contribution is -2.33. The van der Waals surface area contributed by atoms with Crippen molar-refractivity contribution in [2.24, 2.45) is 0 Å². The van der Waals surface area contributed by atoms with E-state index in [2.05, 4.69) is 0 Å². The van der Waals surface area contributed by atoms with Gasteiger partial charge in [0, 0.05) is 6.42 Å². The average molecular weight is 359 g/mol. The first-order valence-corrected chi connectivity index (χ1v) is 8.76. The molecule has 0 aliphatic carbocycles. The van der Waals surface area contributed by atoms with E-state index < -0.39 is 23.6 Å². The molecular formula is C18H33NO6. The van der Waals surface area contributed by atoms with E-state index in [0.29, 0.717) is 6.42 Å². The standard InChI is InChI=1S/C18H33NO6/c1-17(2,3)25-16(21)11-13-14(24-18(4,5)23-13)12-22-15(20)9-8-10-19(6)7/h13-14H,8-12H2,1-7H3/t13-,14-/m1/s1. The topological polar surface area (TPSA) is 74.3 Å². The second kappa shape index (κ2) is 8.96. The van der Waals surface area contributed by atoms with Crippen LogP contribution in [0.5, 0.6) is 0 Å². The Morgan fingerprint density at radius 3 is 2.24 bits per heavy atom. The van der Waals surface area contributed by atoms with Gasteiger partial charge in [0.25, 0.3) is 0 Å². The fourth-order valence-electron chi connectivity index (χ4n) is 2.56. The number of carbonyl (C=O) groups is 2. The molecule has 0 aromatic carbocycles. The molecule has 1 fully saturated rings. The molecule has 146 valence electrons. The van der Waals surface area contributed by atoms with Crippen LogP contribution < -0.4 is 0 Å². The van der Waals surface area contributed by atoms with Crippen LogP contribution in [0.4, 0.5) is 0 Å². The summed E-state index contributed by atoms with van der Waals surface area (Å²) in [7, 11) is 3.91. The lowest BCUT2D eigenvalue weighted by molar-refractivity contribution is -0.165. The zero-order valence-electron chi connectivity index (χ0n) is 16.6. The molecule has 0 N–H and O–H groups in total. The Labute approximate surface area is 150 Å². The van der Waals surface area contributed by atoms with Crippen molar-refractivity contribution in [1.82, 2.24) is 4.90 Å². The van der Waals surface area contributed by atoms with Crippen molar-refractivity contribution < 1.29 is 28.5 Å². The van der Waals surface area contributed by atoms with Crippen molar-refractivity contribution in [3.8, 4) is 0 Å². The molecule has 0 radical (unpaired) electrons. The molecule has 0 unspecified atom stereocenters. The second-order valence-electron chi connectivity index (χ2n) is 8.09. The van der Waals surface area contributed by atoms with Crippen LogP contribution in [0.15, 0.2) is 0 Å². The summed E-state index contributed by atoms with van der Waals surface area (Å²) in [5.41, 5.74) is -0.555. The molecule has 0 spiro atoms. The van der Waals surface area contributed by atoms with Crippen molar-refractivity contribution >= 4 is 11.9 Å². The van der Waals surface area contributed by atoms with Crippen molar-refractivity contribution in [2.45, 2.75) is 77.5 Å². The Balaban J connectivity index is 2.49. The molecule has 0 bridgehead atoms. The van der Waals surface area contributed by atoms with E-state index in [9.17, 15) is 9.59 Å². The summed E-state index contributed by atoms with van der Waals surface area (Å²) in [5, 5.41) is 0. The zero-order valence-corrected chi connectivity index (χ0v) is 16.6.